The lowest BCUT2D eigenvalue weighted by Gasteiger charge is -2.23. The second-order valence-corrected chi connectivity index (χ2v) is 3.81. The second kappa shape index (κ2) is 4.80. The van der Waals surface area contributed by atoms with Gasteiger partial charge < -0.3 is 5.73 Å². The van der Waals surface area contributed by atoms with E-state index in [9.17, 15) is 0 Å². The zero-order chi connectivity index (χ0) is 8.97. The van der Waals surface area contributed by atoms with Crippen LogP contribution in [0.2, 0.25) is 0 Å². The first-order chi connectivity index (χ1) is 5.74. The average Bonchev–Trinajstić information content (AvgIpc) is 2.51. The maximum atomic E-state index is 5.67. The lowest BCUT2D eigenvalue weighted by atomic mass is 9.96. The first-order valence-electron chi connectivity index (χ1n) is 4.82. The van der Waals surface area contributed by atoms with E-state index in [1.807, 2.05) is 0 Å². The molecule has 1 aliphatic heterocycles. The molecule has 1 unspecified atom stereocenters. The van der Waals surface area contributed by atoms with Gasteiger partial charge in [-0.15, -0.1) is 0 Å². The van der Waals surface area contributed by atoms with Crippen molar-refractivity contribution in [3.05, 3.63) is 0 Å². The van der Waals surface area contributed by atoms with Gasteiger partial charge >= 0.3 is 0 Å². The van der Waals surface area contributed by atoms with Crippen LogP contribution in [0.1, 0.15) is 20.3 Å². The first-order valence-corrected chi connectivity index (χ1v) is 4.82. The highest BCUT2D eigenvalue weighted by Crippen LogP contribution is 2.14. The third-order valence-electron chi connectivity index (χ3n) is 2.51. The largest absolute Gasteiger partial charge is 0.330 e. The molecule has 0 spiro atoms. The van der Waals surface area contributed by atoms with Crippen molar-refractivity contribution in [2.24, 2.45) is 17.6 Å². The minimum absolute atomic E-state index is 0.572. The Balaban J connectivity index is 2.26. The molecule has 2 N–H and O–H groups in total. The van der Waals surface area contributed by atoms with Crippen molar-refractivity contribution in [2.75, 3.05) is 26.2 Å². The lowest BCUT2D eigenvalue weighted by molar-refractivity contribution is -0.120. The Morgan fingerprint density at radius 1 is 1.50 bits per heavy atom. The second-order valence-electron chi connectivity index (χ2n) is 3.81. The molecule has 0 aromatic rings. The standard InChI is InChI=1S/C9H20N2O/c1-8(2)9(6-10)7-11-4-3-5-12-11/h8-9H,3-7,10H2,1-2H3. The molecular formula is C9H20N2O. The molecule has 0 aromatic carbocycles. The summed E-state index contributed by atoms with van der Waals surface area (Å²) in [7, 11) is 0. The third kappa shape index (κ3) is 2.73. The van der Waals surface area contributed by atoms with Crippen LogP contribution in [0, 0.1) is 11.8 Å². The highest BCUT2D eigenvalue weighted by Gasteiger charge is 2.19. The maximum absolute atomic E-state index is 5.67. The molecule has 1 aliphatic rings. The summed E-state index contributed by atoms with van der Waals surface area (Å²) in [5.74, 6) is 1.22. The van der Waals surface area contributed by atoms with Gasteiger partial charge in [-0.2, -0.15) is 5.06 Å². The maximum Gasteiger partial charge on any atom is 0.0698 e. The summed E-state index contributed by atoms with van der Waals surface area (Å²) in [4.78, 5) is 5.41. The number of hydrogen-bond donors (Lipinski definition) is 1. The van der Waals surface area contributed by atoms with Crippen LogP contribution in [0.25, 0.3) is 0 Å². The van der Waals surface area contributed by atoms with Gasteiger partial charge in [0.1, 0.15) is 0 Å². The fourth-order valence-corrected chi connectivity index (χ4v) is 1.46. The Bertz CT molecular complexity index is 122. The SMILES string of the molecule is CC(C)C(CN)CN1CCCO1. The van der Waals surface area contributed by atoms with Crippen molar-refractivity contribution < 1.29 is 4.84 Å². The Labute approximate surface area is 74.8 Å². The van der Waals surface area contributed by atoms with Crippen molar-refractivity contribution in [3.8, 4) is 0 Å². The predicted octanol–water partition coefficient (Wildman–Crippen LogP) is 0.855. The van der Waals surface area contributed by atoms with E-state index in [1.165, 1.54) is 0 Å². The van der Waals surface area contributed by atoms with Crippen molar-refractivity contribution in [3.63, 3.8) is 0 Å². The van der Waals surface area contributed by atoms with Gasteiger partial charge in [-0.3, -0.25) is 4.84 Å². The molecule has 1 rings (SSSR count). The molecule has 1 saturated heterocycles. The summed E-state index contributed by atoms with van der Waals surface area (Å²) >= 11 is 0. The number of hydroxylamine groups is 2. The molecule has 0 bridgehead atoms. The quantitative estimate of drug-likeness (QED) is 0.683. The van der Waals surface area contributed by atoms with Crippen LogP contribution in [0.5, 0.6) is 0 Å². The molecule has 0 aliphatic carbocycles. The minimum Gasteiger partial charge on any atom is -0.330 e. The molecule has 72 valence electrons. The molecule has 0 saturated carbocycles. The Morgan fingerprint density at radius 3 is 2.67 bits per heavy atom. The number of nitrogens with zero attached hydrogens (tertiary/aromatic N) is 1. The summed E-state index contributed by atoms with van der Waals surface area (Å²) in [6.45, 7) is 8.14. The molecule has 1 heterocycles. The summed E-state index contributed by atoms with van der Waals surface area (Å²) in [5.41, 5.74) is 5.67. The highest BCUT2D eigenvalue weighted by atomic mass is 16.7. The Kier molecular flexibility index (Phi) is 3.98. The number of nitrogens with two attached hydrogens (primary N) is 1. The smallest absolute Gasteiger partial charge is 0.0698 e. The van der Waals surface area contributed by atoms with E-state index in [1.54, 1.807) is 0 Å². The van der Waals surface area contributed by atoms with Crippen LogP contribution < -0.4 is 5.73 Å². The van der Waals surface area contributed by atoms with Crippen LogP contribution in [-0.2, 0) is 4.84 Å². The van der Waals surface area contributed by atoms with E-state index < -0.39 is 0 Å². The first kappa shape index (κ1) is 9.96. The van der Waals surface area contributed by atoms with Gasteiger partial charge in [-0.25, -0.2) is 0 Å². The monoisotopic (exact) mass is 172 g/mol. The summed E-state index contributed by atoms with van der Waals surface area (Å²) in [6.07, 6.45) is 1.16. The molecule has 0 aromatic heterocycles. The van der Waals surface area contributed by atoms with Gasteiger partial charge in [0.15, 0.2) is 0 Å². The van der Waals surface area contributed by atoms with Crippen LogP contribution in [0.4, 0.5) is 0 Å². The van der Waals surface area contributed by atoms with E-state index in [2.05, 4.69) is 18.9 Å². The van der Waals surface area contributed by atoms with Crippen LogP contribution in [0.3, 0.4) is 0 Å². The zero-order valence-corrected chi connectivity index (χ0v) is 8.12. The van der Waals surface area contributed by atoms with Gasteiger partial charge in [-0.05, 0) is 24.8 Å². The van der Waals surface area contributed by atoms with Crippen molar-refractivity contribution >= 4 is 0 Å². The van der Waals surface area contributed by atoms with Gasteiger partial charge in [-0.1, -0.05) is 13.8 Å². The van der Waals surface area contributed by atoms with Crippen LogP contribution in [0.15, 0.2) is 0 Å². The Hall–Kier alpha value is -0.120. The lowest BCUT2D eigenvalue weighted by Crippen LogP contribution is -2.33. The van der Waals surface area contributed by atoms with Gasteiger partial charge in [0.05, 0.1) is 6.61 Å². The predicted molar refractivity (Wildman–Crippen MR) is 49.5 cm³/mol. The van der Waals surface area contributed by atoms with Crippen LogP contribution in [-0.4, -0.2) is 31.3 Å². The molecule has 1 atom stereocenters. The van der Waals surface area contributed by atoms with Crippen molar-refractivity contribution in [1.82, 2.24) is 5.06 Å². The fourth-order valence-electron chi connectivity index (χ4n) is 1.46. The van der Waals surface area contributed by atoms with E-state index in [4.69, 9.17) is 10.6 Å². The molecular weight excluding hydrogens is 152 g/mol. The Morgan fingerprint density at radius 2 is 2.25 bits per heavy atom. The summed E-state index contributed by atoms with van der Waals surface area (Å²) in [5, 5.41) is 2.05. The zero-order valence-electron chi connectivity index (χ0n) is 8.12. The number of rotatable bonds is 4. The van der Waals surface area contributed by atoms with Crippen LogP contribution >= 0.6 is 0 Å². The van der Waals surface area contributed by atoms with E-state index >= 15 is 0 Å². The molecule has 3 nitrogen and oxygen atoms in total. The fraction of sp³-hybridized carbons (Fsp3) is 1.00. The van der Waals surface area contributed by atoms with Crippen molar-refractivity contribution in [1.29, 1.82) is 0 Å². The third-order valence-corrected chi connectivity index (χ3v) is 2.51. The average molecular weight is 172 g/mol. The van der Waals surface area contributed by atoms with Gasteiger partial charge in [0, 0.05) is 13.1 Å². The van der Waals surface area contributed by atoms with Gasteiger partial charge in [0.2, 0.25) is 0 Å². The molecule has 3 heteroatoms. The normalized spacial score (nSPS) is 22.0. The molecule has 0 amide bonds. The molecule has 12 heavy (non-hydrogen) atoms. The summed E-state index contributed by atoms with van der Waals surface area (Å²) < 4.78 is 0. The summed E-state index contributed by atoms with van der Waals surface area (Å²) in [6, 6.07) is 0. The number of hydrogen-bond acceptors (Lipinski definition) is 3. The van der Waals surface area contributed by atoms with Crippen molar-refractivity contribution in [2.45, 2.75) is 20.3 Å². The molecule has 0 radical (unpaired) electrons. The van der Waals surface area contributed by atoms with E-state index in [0.717, 1.165) is 32.7 Å². The highest BCUT2D eigenvalue weighted by molar-refractivity contribution is 4.67. The minimum atomic E-state index is 0.572. The topological polar surface area (TPSA) is 38.5 Å². The van der Waals surface area contributed by atoms with E-state index in [-0.39, 0.29) is 0 Å². The molecule has 1 fully saturated rings. The van der Waals surface area contributed by atoms with E-state index in [0.29, 0.717) is 11.8 Å². The van der Waals surface area contributed by atoms with Gasteiger partial charge in [0.25, 0.3) is 0 Å².